The van der Waals surface area contributed by atoms with Crippen LogP contribution in [-0.2, 0) is 81.6 Å². The first-order chi connectivity index (χ1) is 32.3. The van der Waals surface area contributed by atoms with E-state index in [0.717, 1.165) is 11.1 Å². The van der Waals surface area contributed by atoms with Gasteiger partial charge in [0.1, 0.15) is 17.3 Å². The molecule has 4 heterocycles. The molecule has 0 amide bonds. The number of esters is 2. The zero-order valence-corrected chi connectivity index (χ0v) is 38.3. The predicted octanol–water partition coefficient (Wildman–Crippen LogP) is 4.36. The summed E-state index contributed by atoms with van der Waals surface area (Å²) in [6.45, 7) is 5.03. The largest absolute Gasteiger partial charge is 0.497 e. The lowest BCUT2D eigenvalue weighted by molar-refractivity contribution is -0.310. The lowest BCUT2D eigenvalue weighted by atomic mass is 9.39. The molecule has 0 unspecified atom stereocenters. The molecule has 6 fully saturated rings. The Morgan fingerprint density at radius 2 is 1.43 bits per heavy atom. The molecule has 16 nitrogen and oxygen atoms in total. The van der Waals surface area contributed by atoms with Gasteiger partial charge in [-0.2, -0.15) is 0 Å². The van der Waals surface area contributed by atoms with Crippen molar-refractivity contribution in [1.82, 2.24) is 0 Å². The number of fused-ring (bicyclic) bond motifs is 1. The van der Waals surface area contributed by atoms with Crippen LogP contribution in [0.25, 0.3) is 0 Å². The molecule has 1 spiro atoms. The lowest BCUT2D eigenvalue weighted by Crippen LogP contribution is -2.75. The molecule has 4 aliphatic heterocycles. The van der Waals surface area contributed by atoms with E-state index in [1.165, 1.54) is 21.3 Å². The summed E-state index contributed by atoms with van der Waals surface area (Å²) in [7, 11) is 5.47. The van der Waals surface area contributed by atoms with E-state index in [4.69, 9.17) is 52.1 Å². The summed E-state index contributed by atoms with van der Waals surface area (Å²) in [6.07, 6.45) is -8.37. The third kappa shape index (κ3) is 7.23. The van der Waals surface area contributed by atoms with Crippen LogP contribution in [0, 0.1) is 28.1 Å². The highest BCUT2D eigenvalue weighted by Crippen LogP contribution is 2.73. The van der Waals surface area contributed by atoms with Gasteiger partial charge in [-0.1, -0.05) is 79.4 Å². The number of hydrogen-bond donors (Lipinski definition) is 2. The van der Waals surface area contributed by atoms with Crippen LogP contribution in [-0.4, -0.2) is 124 Å². The van der Waals surface area contributed by atoms with Crippen molar-refractivity contribution in [2.45, 2.75) is 100 Å². The Labute approximate surface area is 388 Å². The van der Waals surface area contributed by atoms with Crippen molar-refractivity contribution in [3.8, 4) is 5.75 Å². The van der Waals surface area contributed by atoms with E-state index in [-0.39, 0.29) is 44.7 Å². The molecule has 0 aromatic heterocycles. The SMILES string of the molecule is C=C=C([C@@H]1C[C@H](OCc2ccc(OC)cc2)[C@@]2(OCc3ccccc3)C[C@H](OC)O[C@H]2O1)[C@]1(C)C(=O)[C@@H]2OC[C@]3(C(=O)OC)[C@H](O)C[C@H](O)[C@@]4(CO[C@](OCc5ccccc5)(C(=O)OC)[C@@H]14)[C@@H]23. The summed E-state index contributed by atoms with van der Waals surface area (Å²) in [4.78, 5) is 44.9. The maximum atomic E-state index is 16.0. The van der Waals surface area contributed by atoms with Crippen LogP contribution in [0.15, 0.2) is 103 Å². The summed E-state index contributed by atoms with van der Waals surface area (Å²) < 4.78 is 69.1. The molecule has 14 atom stereocenters. The number of benzene rings is 3. The van der Waals surface area contributed by atoms with Crippen molar-refractivity contribution < 1.29 is 76.7 Å². The minimum Gasteiger partial charge on any atom is -0.497 e. The highest BCUT2D eigenvalue weighted by molar-refractivity contribution is 5.97. The van der Waals surface area contributed by atoms with E-state index in [2.05, 4.69) is 12.3 Å². The van der Waals surface area contributed by atoms with Crippen LogP contribution in [0.5, 0.6) is 5.75 Å². The molecule has 2 saturated carbocycles. The van der Waals surface area contributed by atoms with Crippen molar-refractivity contribution in [3.05, 3.63) is 120 Å². The second kappa shape index (κ2) is 18.3. The molecule has 0 bridgehead atoms. The standard InChI is InChI=1S/C51H58O16/c1-7-34(35-22-38(61-25-32-18-20-33(57-3)21-19-32)50(24-39(58-4)67-46(50)66-35)63-26-30-14-10-8-11-15-30)47(2)42(54)40-41-48(36(52)23-37(53)49(41,28-62-40)44(55)59-5)29-65-51(43(47)48,45(56)60-6)64-27-31-16-12-9-13-17-31/h8-21,35-41,43,46,52-53H,1,22-29H2,2-6H3/t35-,36-,37+,38-,39+,40+,41+,43-,46+,47+,48-,49-,50-,51-/m0/s1. The van der Waals surface area contributed by atoms with E-state index in [1.807, 2.05) is 60.7 Å². The zero-order chi connectivity index (χ0) is 47.4. The van der Waals surface area contributed by atoms with Gasteiger partial charge in [0.25, 0.3) is 5.79 Å². The van der Waals surface area contributed by atoms with Gasteiger partial charge in [-0.05, 0) is 35.7 Å². The number of hydrogen-bond acceptors (Lipinski definition) is 16. The second-order valence-corrected chi connectivity index (χ2v) is 18.5. The van der Waals surface area contributed by atoms with Crippen LogP contribution in [0.1, 0.15) is 42.9 Å². The van der Waals surface area contributed by atoms with Crippen LogP contribution < -0.4 is 4.74 Å². The number of aliphatic hydroxyl groups excluding tert-OH is 2. The topological polar surface area (TPSA) is 193 Å². The molecule has 4 saturated heterocycles. The highest BCUT2D eigenvalue weighted by Gasteiger charge is 2.86. The van der Waals surface area contributed by atoms with E-state index < -0.39 is 114 Å². The lowest BCUT2D eigenvalue weighted by Gasteiger charge is -2.62. The van der Waals surface area contributed by atoms with Crippen molar-refractivity contribution in [2.75, 3.05) is 41.7 Å². The first-order valence-electron chi connectivity index (χ1n) is 22.5. The molecular formula is C51H58O16. The Bertz CT molecular complexity index is 2360. The third-order valence-electron chi connectivity index (χ3n) is 15.4. The van der Waals surface area contributed by atoms with Crippen LogP contribution in [0.2, 0.25) is 0 Å². The molecule has 3 aromatic rings. The number of methoxy groups -OCH3 is 4. The number of ether oxygens (including phenoxy) is 11. The van der Waals surface area contributed by atoms with Gasteiger partial charge in [-0.15, -0.1) is 5.73 Å². The maximum Gasteiger partial charge on any atom is 0.366 e. The molecule has 2 aliphatic carbocycles. The fraction of sp³-hybridized carbons (Fsp3) is 0.529. The van der Waals surface area contributed by atoms with Gasteiger partial charge >= 0.3 is 11.9 Å². The molecule has 9 rings (SSSR count). The summed E-state index contributed by atoms with van der Waals surface area (Å²) in [6, 6.07) is 26.1. The molecule has 3 aromatic carbocycles. The summed E-state index contributed by atoms with van der Waals surface area (Å²) in [5, 5.41) is 24.4. The average Bonchev–Trinajstić information content (AvgIpc) is 4.06. The van der Waals surface area contributed by atoms with E-state index in [1.54, 1.807) is 38.3 Å². The van der Waals surface area contributed by atoms with Gasteiger partial charge in [-0.25, -0.2) is 4.79 Å². The van der Waals surface area contributed by atoms with Crippen molar-refractivity contribution >= 4 is 17.7 Å². The number of Topliss-reactive ketones (excluding diaryl/α,β-unsaturated/α-hetero) is 1. The van der Waals surface area contributed by atoms with Gasteiger partial charge in [0.05, 0.1) is 90.1 Å². The molecular weight excluding hydrogens is 869 g/mol. The van der Waals surface area contributed by atoms with Crippen LogP contribution in [0.3, 0.4) is 0 Å². The van der Waals surface area contributed by atoms with Crippen molar-refractivity contribution in [1.29, 1.82) is 0 Å². The first-order valence-corrected chi connectivity index (χ1v) is 22.5. The Morgan fingerprint density at radius 3 is 2.04 bits per heavy atom. The number of carbonyl (C=O) groups is 3. The number of ketones is 1. The number of carbonyl (C=O) groups excluding carboxylic acids is 3. The van der Waals surface area contributed by atoms with Crippen LogP contribution >= 0.6 is 0 Å². The number of rotatable bonds is 15. The smallest absolute Gasteiger partial charge is 0.366 e. The zero-order valence-electron chi connectivity index (χ0n) is 38.3. The molecule has 2 N–H and O–H groups in total. The Hall–Kier alpha value is -4.81. The first kappa shape index (κ1) is 47.3. The van der Waals surface area contributed by atoms with Gasteiger partial charge in [0.2, 0.25) is 0 Å². The fourth-order valence-electron chi connectivity index (χ4n) is 12.3. The minimum absolute atomic E-state index is 0.0426. The summed E-state index contributed by atoms with van der Waals surface area (Å²) in [5.74, 6) is -6.93. The maximum absolute atomic E-state index is 16.0. The van der Waals surface area contributed by atoms with E-state index in [9.17, 15) is 19.8 Å². The van der Waals surface area contributed by atoms with E-state index >= 15 is 4.79 Å². The van der Waals surface area contributed by atoms with Gasteiger partial charge in [0.15, 0.2) is 24.0 Å². The minimum atomic E-state index is -2.41. The molecule has 67 heavy (non-hydrogen) atoms. The fourth-order valence-corrected chi connectivity index (χ4v) is 12.3. The molecule has 16 heteroatoms. The van der Waals surface area contributed by atoms with E-state index in [0.29, 0.717) is 11.3 Å². The average molecular weight is 927 g/mol. The van der Waals surface area contributed by atoms with Gasteiger partial charge < -0.3 is 62.3 Å². The predicted molar refractivity (Wildman–Crippen MR) is 233 cm³/mol. The Kier molecular flexibility index (Phi) is 12.9. The normalized spacial score (nSPS) is 38.3. The summed E-state index contributed by atoms with van der Waals surface area (Å²) >= 11 is 0. The monoisotopic (exact) mass is 926 g/mol. The Balaban J connectivity index is 1.19. The molecule has 6 aliphatic rings. The number of aliphatic hydroxyl groups is 2. The van der Waals surface area contributed by atoms with Gasteiger partial charge in [-0.3, -0.25) is 9.59 Å². The van der Waals surface area contributed by atoms with Crippen molar-refractivity contribution in [2.24, 2.45) is 28.1 Å². The quantitative estimate of drug-likeness (QED) is 0.161. The van der Waals surface area contributed by atoms with Crippen molar-refractivity contribution in [3.63, 3.8) is 0 Å². The van der Waals surface area contributed by atoms with Crippen LogP contribution in [0.4, 0.5) is 0 Å². The highest BCUT2D eigenvalue weighted by atomic mass is 16.8. The third-order valence-corrected chi connectivity index (χ3v) is 15.4. The second-order valence-electron chi connectivity index (χ2n) is 18.5. The van der Waals surface area contributed by atoms with Gasteiger partial charge in [0, 0.05) is 43.3 Å². The summed E-state index contributed by atoms with van der Waals surface area (Å²) in [5.41, 5.74) is -1.15. The molecule has 358 valence electrons. The molecule has 0 radical (unpaired) electrons. The Morgan fingerprint density at radius 1 is 0.791 bits per heavy atom.